The van der Waals surface area contributed by atoms with Crippen LogP contribution in [-0.2, 0) is 114 Å². The average Bonchev–Trinajstić information content (AvgIpc) is 0.767. The Morgan fingerprint density at radius 3 is 1.10 bits per heavy atom. The maximum atomic E-state index is 13.2. The van der Waals surface area contributed by atoms with Gasteiger partial charge in [0.25, 0.3) is 5.79 Å². The summed E-state index contributed by atoms with van der Waals surface area (Å²) in [6, 6.07) is -9.49. The van der Waals surface area contributed by atoms with Crippen LogP contribution in [0.5, 0.6) is 0 Å². The van der Waals surface area contributed by atoms with Crippen molar-refractivity contribution in [1.82, 2.24) is 26.6 Å². The third kappa shape index (κ3) is 25.2. The Balaban J connectivity index is 1.04. The number of nitrogens with one attached hydrogen (secondary N) is 5. The lowest BCUT2D eigenvalue weighted by atomic mass is 9.88. The van der Waals surface area contributed by atoms with Crippen LogP contribution in [0.25, 0.3) is 0 Å². The van der Waals surface area contributed by atoms with Crippen LogP contribution in [0, 0.1) is 0 Å². The van der Waals surface area contributed by atoms with Gasteiger partial charge in [-0.05, 0) is 0 Å². The van der Waals surface area contributed by atoms with Gasteiger partial charge in [0.05, 0.1) is 90.9 Å². The minimum absolute atomic E-state index is 0.839. The smallest absolute Gasteiger partial charge is 0.364 e. The van der Waals surface area contributed by atoms with Gasteiger partial charge in [-0.2, -0.15) is 0 Å². The van der Waals surface area contributed by atoms with Gasteiger partial charge in [0.1, 0.15) is 232 Å². The second kappa shape index (κ2) is 48.7. The van der Waals surface area contributed by atoms with Gasteiger partial charge in [0, 0.05) is 41.0 Å². The Bertz CT molecular complexity index is 3630. The molecule has 132 heavy (non-hydrogen) atoms. The third-order valence-corrected chi connectivity index (χ3v) is 23.5. The van der Waals surface area contributed by atoms with E-state index >= 15 is 0 Å². The largest absolute Gasteiger partial charge is 0.477 e. The average molecular weight is 1930 g/mol. The van der Waals surface area contributed by atoms with Crippen LogP contribution in [0.3, 0.4) is 0 Å². The molecule has 0 aromatic rings. The van der Waals surface area contributed by atoms with E-state index in [4.69, 9.17) is 85.3 Å². The van der Waals surface area contributed by atoms with Crippen LogP contribution in [0.15, 0.2) is 0 Å². The van der Waals surface area contributed by atoms with Crippen molar-refractivity contribution in [2.75, 3.05) is 72.7 Å². The molecule has 0 aromatic carbocycles. The molecule has 0 saturated carbocycles. The molecule has 59 nitrogen and oxygen atoms in total. The first-order valence-corrected chi connectivity index (χ1v) is 41.7. The SMILES string of the molecule is CC(=O)N[C@H]1[C@H](O[C@@H]([C@H](O)[C@H](CO)NC(C)=O)[C@H](O)CO)O[C@H](CO)[C@@H](O[C@@H]2O[C@H](CO[C@H]3O[C@H](CO)[C@@H](O)[C@H](O)[C@@H]3O[C@@H]3O[C@H](CO)[C@@H](O[C@@H]4O[C@H](CO[C@]5(C(=O)O)C[C@H](O)[C@@H](NC(C)=O)[C@H]([C@H](O)[C@H](O)CO)O5)[C@H](O)[C@H](O)[C@H]4O)[C@H](O)[C@H]3NC(C)=O)[C@@H](O)[C@H](O[C@H]3O[C@H](CO)[C@@H](O)[C@H](O)[C@@H]3O[C@@H]3O[C@H](CO)[C@@H](O[C@@H]4O[C@H](CO)[C@H](O)[C@H](O)[C@H]4O)[C@H](O)[C@H]3NC(C)=O)[C@@H]2O)[C@@H]1O. The van der Waals surface area contributed by atoms with Crippen molar-refractivity contribution in [2.24, 2.45) is 0 Å². The van der Waals surface area contributed by atoms with E-state index in [-0.39, 0.29) is 0 Å². The minimum Gasteiger partial charge on any atom is -0.477 e. The molecule has 0 unspecified atom stereocenters. The number of hydrogen-bond acceptors (Lipinski definition) is 53. The van der Waals surface area contributed by atoms with Crippen LogP contribution < -0.4 is 26.6 Å². The summed E-state index contributed by atoms with van der Waals surface area (Å²) in [6.45, 7) is -8.56. The Labute approximate surface area is 747 Å². The summed E-state index contributed by atoms with van der Waals surface area (Å²) in [7, 11) is 0. The summed E-state index contributed by atoms with van der Waals surface area (Å²) >= 11 is 0. The zero-order valence-electron chi connectivity index (χ0n) is 71.0. The standard InChI is InChI=1S/C73H123N5O54/c1-18(88)74-23(7-79)39(96)56(26(95)9-81)125-64-36(76-20(3)90)46(103)59(32(15-87)120-64)128-69-55(112)61(129-71-63(52(109)43(100)29(12-84)119-71)131-66-38(78-22(5)92)48(105)57(30(13-85)122-66)126-67-53(110)49(106)41(98)27(10-82)117-67)45(102)33(123-69)16-115-70-62(51(108)42(99)28(11-83)118-70)130-65-37(77-21(4)91)47(104)58(31(14-86)121-65)127-68-54(111)50(107)44(101)34(124-68)17-116-73(72(113)114)6-24(93)35(75-19(2)89)60(132-73)40(97)25(94)8-80/h23-71,79-87,93-112H,6-17H2,1-5H3,(H,74,88)(H,75,89)(H,76,90)(H,77,91)(H,78,92)(H,113,114)/t23-,24-,25+,26+,27+,28+,29+,30+,31+,32+,33+,34+,35+,36+,37+,38+,39+,40+,41-,42+,43+,44-,45+,46+,47+,48+,49-,50-,51-,52-,53+,54+,55-,56+,57+,58+,59+,60+,61-,62-,63-,64-,65-,66-,67-,68-,69-,70-,71+,73+/m0/s1. The second-order valence-corrected chi connectivity index (χ2v) is 32.9. The van der Waals surface area contributed by atoms with Crippen LogP contribution >= 0.6 is 0 Å². The summed E-state index contributed by atoms with van der Waals surface area (Å²) in [5.74, 6) is -9.91. The lowest BCUT2D eigenvalue weighted by molar-refractivity contribution is -0.398. The molecule has 0 aromatic heterocycles. The molecule has 9 heterocycles. The molecule has 50 atom stereocenters. The molecule has 0 bridgehead atoms. The molecular weight excluding hydrogens is 1810 g/mol. The predicted molar refractivity (Wildman–Crippen MR) is 407 cm³/mol. The molecule has 59 heteroatoms. The molecular formula is C73H123N5O54. The molecule has 9 saturated heterocycles. The van der Waals surface area contributed by atoms with Gasteiger partial charge < -0.3 is 265 Å². The second-order valence-electron chi connectivity index (χ2n) is 32.9. The lowest BCUT2D eigenvalue weighted by Crippen LogP contribution is -2.70. The molecule has 9 rings (SSSR count). The number of aliphatic hydroxyl groups excluding tert-OH is 29. The number of aliphatic hydroxyl groups is 29. The van der Waals surface area contributed by atoms with Crippen molar-refractivity contribution in [3.05, 3.63) is 0 Å². The Hall–Kier alpha value is -5.06. The molecule has 0 spiro atoms. The van der Waals surface area contributed by atoms with Crippen LogP contribution in [0.2, 0.25) is 0 Å². The number of carboxylic acids is 1. The van der Waals surface area contributed by atoms with Crippen LogP contribution in [0.4, 0.5) is 0 Å². The van der Waals surface area contributed by atoms with Crippen molar-refractivity contribution in [2.45, 2.75) is 347 Å². The van der Waals surface area contributed by atoms with E-state index in [1.165, 1.54) is 0 Å². The van der Waals surface area contributed by atoms with E-state index in [2.05, 4.69) is 26.6 Å². The highest BCUT2D eigenvalue weighted by Gasteiger charge is 2.63. The number of carboxylic acid groups (broad SMARTS) is 1. The van der Waals surface area contributed by atoms with E-state index in [0.29, 0.717) is 0 Å². The Kier molecular flexibility index (Phi) is 40.8. The summed E-state index contributed by atoms with van der Waals surface area (Å²) in [6.07, 6.45) is -98.7. The van der Waals surface area contributed by atoms with Gasteiger partial charge in [-0.25, -0.2) is 4.79 Å². The Morgan fingerprint density at radius 1 is 0.341 bits per heavy atom. The first-order valence-electron chi connectivity index (χ1n) is 41.7. The third-order valence-electron chi connectivity index (χ3n) is 23.5. The summed E-state index contributed by atoms with van der Waals surface area (Å²) in [5.41, 5.74) is 0. The number of amides is 5. The monoisotopic (exact) mass is 1930 g/mol. The highest BCUT2D eigenvalue weighted by Crippen LogP contribution is 2.42. The van der Waals surface area contributed by atoms with E-state index in [1.807, 2.05) is 0 Å². The molecule has 9 fully saturated rings. The van der Waals surface area contributed by atoms with E-state index < -0.39 is 421 Å². The number of ether oxygens (including phenoxy) is 18. The first-order chi connectivity index (χ1) is 62.2. The number of rotatable bonds is 40. The topological polar surface area (TPSA) is 936 Å². The fourth-order valence-corrected chi connectivity index (χ4v) is 16.5. The summed E-state index contributed by atoms with van der Waals surface area (Å²) in [4.78, 5) is 76.5. The normalized spacial score (nSPS) is 44.7. The fraction of sp³-hybridized carbons (Fsp3) is 0.918. The fourth-order valence-electron chi connectivity index (χ4n) is 16.5. The number of aliphatic carboxylic acids is 1. The summed E-state index contributed by atoms with van der Waals surface area (Å²) < 4.78 is 107. The van der Waals surface area contributed by atoms with Gasteiger partial charge in [-0.1, -0.05) is 0 Å². The lowest BCUT2D eigenvalue weighted by Gasteiger charge is -2.51. The highest BCUT2D eigenvalue weighted by atomic mass is 16.8. The quantitative estimate of drug-likeness (QED) is 0.0271. The van der Waals surface area contributed by atoms with Crippen molar-refractivity contribution in [3.63, 3.8) is 0 Å². The van der Waals surface area contributed by atoms with Crippen LogP contribution in [-0.4, -0.2) is 567 Å². The Morgan fingerprint density at radius 2 is 0.689 bits per heavy atom. The minimum atomic E-state index is -3.10. The maximum Gasteiger partial charge on any atom is 0.364 e. The van der Waals surface area contributed by atoms with Crippen molar-refractivity contribution < 1.29 is 267 Å². The van der Waals surface area contributed by atoms with E-state index in [9.17, 15) is 182 Å². The highest BCUT2D eigenvalue weighted by molar-refractivity contribution is 5.77. The zero-order chi connectivity index (χ0) is 98.0. The van der Waals surface area contributed by atoms with Gasteiger partial charge >= 0.3 is 5.97 Å². The van der Waals surface area contributed by atoms with Crippen molar-refractivity contribution >= 4 is 35.5 Å². The van der Waals surface area contributed by atoms with Gasteiger partial charge in [-0.3, -0.25) is 24.0 Å². The van der Waals surface area contributed by atoms with Gasteiger partial charge in [0.15, 0.2) is 50.3 Å². The molecule has 9 aliphatic rings. The van der Waals surface area contributed by atoms with E-state index in [0.717, 1.165) is 34.6 Å². The number of carbonyl (C=O) groups excluding carboxylic acids is 5. The van der Waals surface area contributed by atoms with Crippen LogP contribution in [0.1, 0.15) is 41.0 Å². The van der Waals surface area contributed by atoms with Gasteiger partial charge in [0.2, 0.25) is 29.5 Å². The molecule has 764 valence electrons. The number of carbonyl (C=O) groups is 6. The van der Waals surface area contributed by atoms with E-state index in [1.54, 1.807) is 0 Å². The molecule has 9 aliphatic heterocycles. The first kappa shape index (κ1) is 111. The molecule has 35 N–H and O–H groups in total. The van der Waals surface area contributed by atoms with Crippen molar-refractivity contribution in [1.29, 1.82) is 0 Å². The molecule has 0 aliphatic carbocycles. The molecule has 0 radical (unpaired) electrons. The van der Waals surface area contributed by atoms with Crippen molar-refractivity contribution in [3.8, 4) is 0 Å². The predicted octanol–water partition coefficient (Wildman–Crippen LogP) is -23.2. The maximum absolute atomic E-state index is 13.2. The summed E-state index contributed by atoms with van der Waals surface area (Å²) in [5, 5.41) is 345. The zero-order valence-corrected chi connectivity index (χ0v) is 71.0. The number of hydrogen-bond donors (Lipinski definition) is 35. The molecule has 5 amide bonds. The van der Waals surface area contributed by atoms with Gasteiger partial charge in [-0.15, -0.1) is 0 Å².